The van der Waals surface area contributed by atoms with Gasteiger partial charge in [-0.3, -0.25) is 0 Å². The molecule has 1 fully saturated rings. The highest BCUT2D eigenvalue weighted by molar-refractivity contribution is 4.63. The van der Waals surface area contributed by atoms with Crippen molar-refractivity contribution < 1.29 is 5.11 Å². The largest absolute Gasteiger partial charge is 0.396 e. The van der Waals surface area contributed by atoms with E-state index in [2.05, 4.69) is 10.2 Å². The van der Waals surface area contributed by atoms with Gasteiger partial charge in [-0.15, -0.1) is 0 Å². The minimum Gasteiger partial charge on any atom is -0.396 e. The molecule has 0 saturated carbocycles. The second-order valence-electron chi connectivity index (χ2n) is 3.38. The van der Waals surface area contributed by atoms with E-state index in [9.17, 15) is 0 Å². The van der Waals surface area contributed by atoms with Crippen molar-refractivity contribution in [3.8, 4) is 0 Å². The Morgan fingerprint density at radius 3 is 2.42 bits per heavy atom. The molecule has 0 amide bonds. The number of nitrogens with one attached hydrogen (secondary N) is 1. The Morgan fingerprint density at radius 2 is 1.83 bits per heavy atom. The fourth-order valence-corrected chi connectivity index (χ4v) is 1.61. The van der Waals surface area contributed by atoms with Gasteiger partial charge in [-0.25, -0.2) is 0 Å². The monoisotopic (exact) mass is 172 g/mol. The first kappa shape index (κ1) is 9.96. The Labute approximate surface area is 74.8 Å². The molecular formula is C9H20N2O. The topological polar surface area (TPSA) is 35.5 Å². The third-order valence-electron chi connectivity index (χ3n) is 2.29. The fraction of sp³-hybridized carbons (Fsp3) is 1.00. The van der Waals surface area contributed by atoms with Crippen LogP contribution >= 0.6 is 0 Å². The lowest BCUT2D eigenvalue weighted by Crippen LogP contribution is -2.34. The van der Waals surface area contributed by atoms with Crippen LogP contribution in [0.3, 0.4) is 0 Å². The predicted octanol–water partition coefficient (Wildman–Crippen LogP) is 0.0542. The summed E-state index contributed by atoms with van der Waals surface area (Å²) in [6.07, 6.45) is 3.41. The summed E-state index contributed by atoms with van der Waals surface area (Å²) in [6, 6.07) is 0. The second kappa shape index (κ2) is 6.40. The molecule has 1 heterocycles. The van der Waals surface area contributed by atoms with Crippen LogP contribution in [-0.2, 0) is 0 Å². The van der Waals surface area contributed by atoms with E-state index in [1.54, 1.807) is 0 Å². The molecule has 0 spiro atoms. The number of aliphatic hydroxyl groups is 1. The summed E-state index contributed by atoms with van der Waals surface area (Å²) in [5, 5.41) is 12.1. The molecule has 0 radical (unpaired) electrons. The second-order valence-corrected chi connectivity index (χ2v) is 3.38. The Balaban J connectivity index is 2.11. The quantitative estimate of drug-likeness (QED) is 0.631. The maximum atomic E-state index is 8.68. The lowest BCUT2D eigenvalue weighted by Gasteiger charge is -2.24. The van der Waals surface area contributed by atoms with Crippen molar-refractivity contribution in [2.45, 2.75) is 19.3 Å². The molecule has 12 heavy (non-hydrogen) atoms. The van der Waals surface area contributed by atoms with Gasteiger partial charge in [0.25, 0.3) is 0 Å². The van der Waals surface area contributed by atoms with Crippen molar-refractivity contribution in [2.75, 3.05) is 39.3 Å². The van der Waals surface area contributed by atoms with Crippen molar-refractivity contribution >= 4 is 0 Å². The van der Waals surface area contributed by atoms with E-state index in [1.165, 1.54) is 25.9 Å². The van der Waals surface area contributed by atoms with Crippen LogP contribution in [0.1, 0.15) is 19.3 Å². The first-order valence-corrected chi connectivity index (χ1v) is 4.97. The third-order valence-corrected chi connectivity index (χ3v) is 2.29. The van der Waals surface area contributed by atoms with Gasteiger partial charge in [0, 0.05) is 13.2 Å². The molecule has 0 aromatic carbocycles. The van der Waals surface area contributed by atoms with Gasteiger partial charge in [-0.2, -0.15) is 0 Å². The Hall–Kier alpha value is -0.120. The summed E-state index contributed by atoms with van der Waals surface area (Å²) in [7, 11) is 0. The van der Waals surface area contributed by atoms with E-state index < -0.39 is 0 Å². The number of rotatable bonds is 3. The highest BCUT2D eigenvalue weighted by Crippen LogP contribution is 1.98. The van der Waals surface area contributed by atoms with Crippen LogP contribution in [0.4, 0.5) is 0 Å². The molecule has 3 heteroatoms. The van der Waals surface area contributed by atoms with Crippen LogP contribution in [0.5, 0.6) is 0 Å². The van der Waals surface area contributed by atoms with E-state index in [0.29, 0.717) is 6.61 Å². The average molecular weight is 172 g/mol. The van der Waals surface area contributed by atoms with Gasteiger partial charge in [-0.1, -0.05) is 0 Å². The highest BCUT2D eigenvalue weighted by Gasteiger charge is 2.05. The van der Waals surface area contributed by atoms with Crippen LogP contribution in [0.2, 0.25) is 0 Å². The van der Waals surface area contributed by atoms with Crippen molar-refractivity contribution in [3.05, 3.63) is 0 Å². The number of hydrogen-bond donors (Lipinski definition) is 2. The number of aliphatic hydroxyl groups excluding tert-OH is 1. The first-order valence-electron chi connectivity index (χ1n) is 4.97. The average Bonchev–Trinajstić information content (AvgIpc) is 2.02. The molecule has 0 aliphatic carbocycles. The van der Waals surface area contributed by atoms with Gasteiger partial charge in [0.1, 0.15) is 0 Å². The van der Waals surface area contributed by atoms with Gasteiger partial charge in [0.15, 0.2) is 0 Å². The summed E-state index contributed by atoms with van der Waals surface area (Å²) < 4.78 is 0. The highest BCUT2D eigenvalue weighted by atomic mass is 16.3. The first-order chi connectivity index (χ1) is 5.93. The number of nitrogens with zero attached hydrogens (tertiary/aromatic N) is 1. The molecule has 0 aromatic heterocycles. The third kappa shape index (κ3) is 4.04. The van der Waals surface area contributed by atoms with Crippen molar-refractivity contribution in [1.29, 1.82) is 0 Å². The molecule has 0 bridgehead atoms. The fourth-order valence-electron chi connectivity index (χ4n) is 1.61. The predicted molar refractivity (Wildman–Crippen MR) is 50.2 cm³/mol. The summed E-state index contributed by atoms with van der Waals surface area (Å²) in [4.78, 5) is 2.46. The SMILES string of the molecule is OCCCN1CCCNCCC1. The lowest BCUT2D eigenvalue weighted by molar-refractivity contribution is 0.213. The zero-order valence-electron chi connectivity index (χ0n) is 7.76. The van der Waals surface area contributed by atoms with Crippen LogP contribution in [-0.4, -0.2) is 49.3 Å². The summed E-state index contributed by atoms with van der Waals surface area (Å²) in [5.74, 6) is 0. The smallest absolute Gasteiger partial charge is 0.0443 e. The normalized spacial score (nSPS) is 21.8. The zero-order chi connectivity index (χ0) is 8.65. The van der Waals surface area contributed by atoms with Crippen molar-refractivity contribution in [2.24, 2.45) is 0 Å². The molecule has 2 N–H and O–H groups in total. The van der Waals surface area contributed by atoms with Crippen molar-refractivity contribution in [1.82, 2.24) is 10.2 Å². The molecule has 0 atom stereocenters. The van der Waals surface area contributed by atoms with E-state index in [-0.39, 0.29) is 0 Å². The van der Waals surface area contributed by atoms with Gasteiger partial charge < -0.3 is 15.3 Å². The minimum atomic E-state index is 0.328. The summed E-state index contributed by atoms with van der Waals surface area (Å²) in [6.45, 7) is 6.07. The van der Waals surface area contributed by atoms with Gasteiger partial charge in [0.05, 0.1) is 0 Å². The summed E-state index contributed by atoms with van der Waals surface area (Å²) >= 11 is 0. The van der Waals surface area contributed by atoms with Crippen LogP contribution in [0.25, 0.3) is 0 Å². The Morgan fingerprint density at radius 1 is 1.17 bits per heavy atom. The Kier molecular flexibility index (Phi) is 5.32. The molecule has 1 aliphatic heterocycles. The molecule has 72 valence electrons. The molecule has 0 aromatic rings. The van der Waals surface area contributed by atoms with E-state index in [4.69, 9.17) is 5.11 Å². The minimum absolute atomic E-state index is 0.328. The Bertz CT molecular complexity index is 97.9. The molecule has 3 nitrogen and oxygen atoms in total. The maximum Gasteiger partial charge on any atom is 0.0443 e. The van der Waals surface area contributed by atoms with E-state index in [1.807, 2.05) is 0 Å². The molecular weight excluding hydrogens is 152 g/mol. The molecule has 1 rings (SSSR count). The molecule has 1 aliphatic rings. The zero-order valence-corrected chi connectivity index (χ0v) is 7.76. The summed E-state index contributed by atoms with van der Waals surface area (Å²) in [5.41, 5.74) is 0. The van der Waals surface area contributed by atoms with Gasteiger partial charge >= 0.3 is 0 Å². The standard InChI is InChI=1S/C9H20N2O/c12-9-3-8-11-6-1-4-10-5-2-7-11/h10,12H,1-9H2. The van der Waals surface area contributed by atoms with E-state index in [0.717, 1.165) is 26.1 Å². The molecule has 0 unspecified atom stereocenters. The van der Waals surface area contributed by atoms with Gasteiger partial charge in [0.2, 0.25) is 0 Å². The van der Waals surface area contributed by atoms with E-state index >= 15 is 0 Å². The van der Waals surface area contributed by atoms with Crippen molar-refractivity contribution in [3.63, 3.8) is 0 Å². The van der Waals surface area contributed by atoms with Crippen LogP contribution in [0.15, 0.2) is 0 Å². The molecule has 1 saturated heterocycles. The van der Waals surface area contributed by atoms with Crippen LogP contribution in [0, 0.1) is 0 Å². The van der Waals surface area contributed by atoms with Crippen LogP contribution < -0.4 is 5.32 Å². The van der Waals surface area contributed by atoms with Gasteiger partial charge in [-0.05, 0) is 45.4 Å². The maximum absolute atomic E-state index is 8.68. The number of hydrogen-bond acceptors (Lipinski definition) is 3. The lowest BCUT2D eigenvalue weighted by atomic mass is 10.2.